The molecule has 0 unspecified atom stereocenters. The number of benzene rings is 3. The molecule has 32 heavy (non-hydrogen) atoms. The van der Waals surface area contributed by atoms with E-state index in [2.05, 4.69) is 5.48 Å². The highest BCUT2D eigenvalue weighted by Crippen LogP contribution is 2.20. The molecule has 0 aliphatic rings. The van der Waals surface area contributed by atoms with Crippen molar-refractivity contribution in [3.8, 4) is 11.5 Å². The maximum atomic E-state index is 14.1. The van der Waals surface area contributed by atoms with E-state index in [1.165, 1.54) is 13.2 Å². The van der Waals surface area contributed by atoms with E-state index >= 15 is 0 Å². The zero-order chi connectivity index (χ0) is 22.8. The molecule has 3 rings (SSSR count). The van der Waals surface area contributed by atoms with Crippen LogP contribution in [-0.4, -0.2) is 18.2 Å². The van der Waals surface area contributed by atoms with Gasteiger partial charge in [0.15, 0.2) is 0 Å². The summed E-state index contributed by atoms with van der Waals surface area (Å²) in [7, 11) is 1.53. The molecule has 3 aromatic rings. The van der Waals surface area contributed by atoms with E-state index in [-0.39, 0.29) is 19.4 Å². The van der Waals surface area contributed by atoms with Crippen LogP contribution in [0.3, 0.4) is 0 Å². The van der Waals surface area contributed by atoms with Crippen molar-refractivity contribution in [2.24, 2.45) is 0 Å². The molecule has 0 aliphatic heterocycles. The molecule has 7 heteroatoms. The summed E-state index contributed by atoms with van der Waals surface area (Å²) in [6, 6.07) is 21.4. The fraction of sp³-hybridized carbons (Fsp3) is 0.160. The van der Waals surface area contributed by atoms with E-state index in [1.807, 2.05) is 42.5 Å². The van der Waals surface area contributed by atoms with Gasteiger partial charge in [-0.1, -0.05) is 48.5 Å². The third-order valence-corrected chi connectivity index (χ3v) is 4.57. The molecule has 0 radical (unpaired) electrons. The summed E-state index contributed by atoms with van der Waals surface area (Å²) in [5.41, 5.74) is 5.63. The van der Waals surface area contributed by atoms with Crippen LogP contribution in [0.15, 0.2) is 79.1 Å². The number of aryl methyl sites for hydroxylation is 1. The van der Waals surface area contributed by atoms with Gasteiger partial charge in [-0.3, -0.25) is 15.1 Å². The molecule has 0 saturated heterocycles. The average molecular weight is 437 g/mol. The van der Waals surface area contributed by atoms with E-state index in [0.717, 1.165) is 11.1 Å². The molecular weight excluding hydrogens is 413 g/mol. The number of carboxylic acids is 1. The number of hydroxylamine groups is 1. The van der Waals surface area contributed by atoms with Gasteiger partial charge in [0.2, 0.25) is 0 Å². The van der Waals surface area contributed by atoms with Crippen molar-refractivity contribution in [3.05, 3.63) is 102 Å². The van der Waals surface area contributed by atoms with E-state index in [9.17, 15) is 9.18 Å². The number of halogens is 1. The van der Waals surface area contributed by atoms with Crippen LogP contribution in [0.1, 0.15) is 23.1 Å². The Bertz CT molecular complexity index is 1050. The lowest BCUT2D eigenvalue weighted by Gasteiger charge is -2.10. The topological polar surface area (TPSA) is 77.0 Å². The number of aliphatic carboxylic acids is 1. The van der Waals surface area contributed by atoms with E-state index in [4.69, 9.17) is 19.4 Å². The van der Waals surface area contributed by atoms with Crippen molar-refractivity contribution in [1.82, 2.24) is 5.48 Å². The first-order chi connectivity index (χ1) is 15.5. The molecule has 166 valence electrons. The Morgan fingerprint density at radius 3 is 2.41 bits per heavy atom. The lowest BCUT2D eigenvalue weighted by atomic mass is 10.1. The number of carboxylic acid groups (broad SMARTS) is 1. The minimum absolute atomic E-state index is 0.116. The van der Waals surface area contributed by atoms with Gasteiger partial charge in [0, 0.05) is 18.1 Å². The summed E-state index contributed by atoms with van der Waals surface area (Å²) >= 11 is 0. The Hall–Kier alpha value is -3.84. The van der Waals surface area contributed by atoms with Crippen LogP contribution in [0.2, 0.25) is 0 Å². The number of carbonyl (C=O) groups is 1. The predicted molar refractivity (Wildman–Crippen MR) is 118 cm³/mol. The third kappa shape index (κ3) is 6.85. The lowest BCUT2D eigenvalue weighted by molar-refractivity contribution is -0.136. The molecule has 3 aromatic carbocycles. The molecule has 0 saturated carbocycles. The fourth-order valence-corrected chi connectivity index (χ4v) is 2.90. The highest BCUT2D eigenvalue weighted by atomic mass is 19.1. The highest BCUT2D eigenvalue weighted by molar-refractivity contribution is 5.67. The predicted octanol–water partition coefficient (Wildman–Crippen LogP) is 4.95. The maximum absolute atomic E-state index is 14.1. The molecule has 0 bridgehead atoms. The normalized spacial score (nSPS) is 11.1. The van der Waals surface area contributed by atoms with Gasteiger partial charge in [-0.2, -0.15) is 0 Å². The van der Waals surface area contributed by atoms with Gasteiger partial charge in [0.1, 0.15) is 35.9 Å². The van der Waals surface area contributed by atoms with Crippen LogP contribution in [0.4, 0.5) is 4.39 Å². The standard InChI is InChI=1S/C25H24FNO5/c1-30-27-24(20-5-3-2-4-6-20)17-32-21-11-7-18(8-12-21)16-31-22-13-9-19(23(26)15-22)10-14-25(28)29/h2-9,11-13,15,17,27H,10,14,16H2,1H3,(H,28,29). The molecule has 0 fully saturated rings. The van der Waals surface area contributed by atoms with Gasteiger partial charge in [0.25, 0.3) is 0 Å². The van der Waals surface area contributed by atoms with Crippen LogP contribution in [0, 0.1) is 5.82 Å². The number of ether oxygens (including phenoxy) is 2. The Labute approximate surface area is 185 Å². The van der Waals surface area contributed by atoms with Crippen LogP contribution >= 0.6 is 0 Å². The summed E-state index contributed by atoms with van der Waals surface area (Å²) in [6.07, 6.45) is 1.59. The second-order valence-corrected chi connectivity index (χ2v) is 6.90. The first kappa shape index (κ1) is 22.8. The summed E-state index contributed by atoms with van der Waals surface area (Å²) in [6.45, 7) is 0.254. The summed E-state index contributed by atoms with van der Waals surface area (Å²) in [4.78, 5) is 15.6. The molecule has 6 nitrogen and oxygen atoms in total. The Balaban J connectivity index is 1.56. The van der Waals surface area contributed by atoms with Crippen LogP contribution in [-0.2, 0) is 22.7 Å². The van der Waals surface area contributed by atoms with Gasteiger partial charge in [-0.05, 0) is 35.7 Å². The van der Waals surface area contributed by atoms with Crippen molar-refractivity contribution in [2.75, 3.05) is 7.11 Å². The van der Waals surface area contributed by atoms with Crippen molar-refractivity contribution < 1.29 is 28.6 Å². The second kappa shape index (κ2) is 11.5. The molecule has 0 heterocycles. The highest BCUT2D eigenvalue weighted by Gasteiger charge is 2.07. The number of rotatable bonds is 11. The lowest BCUT2D eigenvalue weighted by Crippen LogP contribution is -2.11. The summed E-state index contributed by atoms with van der Waals surface area (Å²) < 4.78 is 25.5. The number of nitrogens with one attached hydrogen (secondary N) is 1. The fourth-order valence-electron chi connectivity index (χ4n) is 2.90. The molecule has 0 aliphatic carbocycles. The molecule has 0 atom stereocenters. The second-order valence-electron chi connectivity index (χ2n) is 6.90. The van der Waals surface area contributed by atoms with Gasteiger partial charge in [-0.15, -0.1) is 0 Å². The Morgan fingerprint density at radius 1 is 1.03 bits per heavy atom. The maximum Gasteiger partial charge on any atom is 0.303 e. The summed E-state index contributed by atoms with van der Waals surface area (Å²) in [5.74, 6) is -0.422. The molecular formula is C25H24FNO5. The van der Waals surface area contributed by atoms with Crippen LogP contribution in [0.25, 0.3) is 5.70 Å². The molecule has 0 spiro atoms. The third-order valence-electron chi connectivity index (χ3n) is 4.57. The average Bonchev–Trinajstić information content (AvgIpc) is 2.81. The zero-order valence-electron chi connectivity index (χ0n) is 17.6. The minimum Gasteiger partial charge on any atom is -0.489 e. The monoisotopic (exact) mass is 437 g/mol. The zero-order valence-corrected chi connectivity index (χ0v) is 17.6. The quantitative estimate of drug-likeness (QED) is 0.327. The largest absolute Gasteiger partial charge is 0.489 e. The Kier molecular flexibility index (Phi) is 8.22. The molecule has 2 N–H and O–H groups in total. The first-order valence-electron chi connectivity index (χ1n) is 9.98. The first-order valence-corrected chi connectivity index (χ1v) is 9.98. The van der Waals surface area contributed by atoms with Crippen molar-refractivity contribution in [2.45, 2.75) is 19.4 Å². The van der Waals surface area contributed by atoms with Gasteiger partial charge < -0.3 is 14.6 Å². The van der Waals surface area contributed by atoms with Crippen LogP contribution in [0.5, 0.6) is 11.5 Å². The molecule has 0 amide bonds. The van der Waals surface area contributed by atoms with Crippen molar-refractivity contribution in [1.29, 1.82) is 0 Å². The van der Waals surface area contributed by atoms with Gasteiger partial charge in [-0.25, -0.2) is 4.39 Å². The van der Waals surface area contributed by atoms with Crippen molar-refractivity contribution in [3.63, 3.8) is 0 Å². The van der Waals surface area contributed by atoms with Crippen molar-refractivity contribution >= 4 is 11.7 Å². The molecule has 0 aromatic heterocycles. The minimum atomic E-state index is -0.959. The van der Waals surface area contributed by atoms with Gasteiger partial charge in [0.05, 0.1) is 7.11 Å². The van der Waals surface area contributed by atoms with Crippen LogP contribution < -0.4 is 15.0 Å². The Morgan fingerprint density at radius 2 is 1.75 bits per heavy atom. The SMILES string of the molecule is CONC(=COc1ccc(COc2ccc(CCC(=O)O)c(F)c2)cc1)c1ccccc1. The van der Waals surface area contributed by atoms with E-state index < -0.39 is 11.8 Å². The van der Waals surface area contributed by atoms with E-state index in [0.29, 0.717) is 22.8 Å². The number of hydrogen-bond acceptors (Lipinski definition) is 5. The summed E-state index contributed by atoms with van der Waals surface area (Å²) in [5, 5.41) is 8.72. The van der Waals surface area contributed by atoms with Gasteiger partial charge >= 0.3 is 5.97 Å². The number of hydrogen-bond donors (Lipinski definition) is 2. The van der Waals surface area contributed by atoms with E-state index in [1.54, 1.807) is 30.5 Å². The smallest absolute Gasteiger partial charge is 0.303 e.